The first-order valence-corrected chi connectivity index (χ1v) is 4.91. The molecule has 2 rings (SSSR count). The van der Waals surface area contributed by atoms with Gasteiger partial charge in [0, 0.05) is 15.0 Å². The zero-order valence-electron chi connectivity index (χ0n) is 6.53. The minimum Gasteiger partial charge on any atom is -0.507 e. The fraction of sp³-hybridized carbons (Fsp3) is 0.111. The summed E-state index contributed by atoms with van der Waals surface area (Å²) in [5.41, 5.74) is 1.13. The molecule has 0 amide bonds. The van der Waals surface area contributed by atoms with Gasteiger partial charge < -0.3 is 5.11 Å². The molecule has 12 heavy (non-hydrogen) atoms. The number of aromatic hydroxyl groups is 1. The van der Waals surface area contributed by atoms with E-state index in [1.165, 1.54) is 0 Å². The molecule has 1 heterocycles. The van der Waals surface area contributed by atoms with Crippen molar-refractivity contribution in [2.45, 2.75) is 11.8 Å². The maximum absolute atomic E-state index is 9.58. The van der Waals surface area contributed by atoms with Gasteiger partial charge in [0.2, 0.25) is 0 Å². The predicted octanol–water partition coefficient (Wildman–Crippen LogP) is 3.20. The highest BCUT2D eigenvalue weighted by Crippen LogP contribution is 2.34. The molecule has 0 aliphatic heterocycles. The van der Waals surface area contributed by atoms with Gasteiger partial charge in [-0.1, -0.05) is 0 Å². The monoisotopic (exact) mass is 196 g/mol. The normalized spacial score (nSPS) is 10.8. The molecule has 1 nitrogen and oxygen atoms in total. The van der Waals surface area contributed by atoms with E-state index in [0.29, 0.717) is 5.75 Å². The Hall–Kier alpha value is -0.670. The second-order valence-electron chi connectivity index (χ2n) is 2.76. The van der Waals surface area contributed by atoms with Crippen molar-refractivity contribution in [2.75, 3.05) is 0 Å². The van der Waals surface area contributed by atoms with Crippen LogP contribution >= 0.6 is 24.0 Å². The van der Waals surface area contributed by atoms with Crippen LogP contribution in [-0.2, 0) is 0 Å². The van der Waals surface area contributed by atoms with Crippen LogP contribution in [0, 0.1) is 6.92 Å². The molecule has 1 aromatic carbocycles. The molecular formula is C9H8OS2. The third kappa shape index (κ3) is 1.09. The van der Waals surface area contributed by atoms with Crippen LogP contribution in [0.1, 0.15) is 5.56 Å². The fourth-order valence-electron chi connectivity index (χ4n) is 1.29. The Bertz CT molecular complexity index is 431. The Morgan fingerprint density at radius 1 is 1.42 bits per heavy atom. The van der Waals surface area contributed by atoms with E-state index in [9.17, 15) is 5.11 Å². The van der Waals surface area contributed by atoms with E-state index in [1.54, 1.807) is 17.4 Å². The van der Waals surface area contributed by atoms with Gasteiger partial charge in [0.05, 0.1) is 0 Å². The molecule has 0 saturated heterocycles. The van der Waals surface area contributed by atoms with Crippen molar-refractivity contribution in [3.63, 3.8) is 0 Å². The summed E-state index contributed by atoms with van der Waals surface area (Å²) in [7, 11) is 0. The topological polar surface area (TPSA) is 20.2 Å². The molecule has 0 saturated carbocycles. The third-order valence-electron chi connectivity index (χ3n) is 1.82. The Balaban J connectivity index is 2.93. The van der Waals surface area contributed by atoms with Crippen LogP contribution in [0.2, 0.25) is 0 Å². The van der Waals surface area contributed by atoms with Crippen molar-refractivity contribution in [3.05, 3.63) is 23.1 Å². The lowest BCUT2D eigenvalue weighted by Gasteiger charge is -1.97. The lowest BCUT2D eigenvalue weighted by Crippen LogP contribution is -1.71. The maximum atomic E-state index is 9.58. The molecule has 0 aliphatic carbocycles. The van der Waals surface area contributed by atoms with Gasteiger partial charge in [-0.05, 0) is 30.0 Å². The largest absolute Gasteiger partial charge is 0.507 e. The zero-order valence-corrected chi connectivity index (χ0v) is 8.25. The lowest BCUT2D eigenvalue weighted by molar-refractivity contribution is 0.480. The molecule has 62 valence electrons. The van der Waals surface area contributed by atoms with Crippen LogP contribution in [0.5, 0.6) is 5.75 Å². The van der Waals surface area contributed by atoms with Crippen LogP contribution in [-0.4, -0.2) is 5.11 Å². The molecule has 0 atom stereocenters. The van der Waals surface area contributed by atoms with Gasteiger partial charge in [-0.15, -0.1) is 24.0 Å². The first kappa shape index (κ1) is 7.95. The molecule has 0 fully saturated rings. The highest BCUT2D eigenvalue weighted by molar-refractivity contribution is 7.80. The van der Waals surface area contributed by atoms with Gasteiger partial charge in [0.15, 0.2) is 0 Å². The molecule has 0 unspecified atom stereocenters. The van der Waals surface area contributed by atoms with E-state index in [2.05, 4.69) is 12.6 Å². The lowest BCUT2D eigenvalue weighted by atomic mass is 10.2. The average Bonchev–Trinajstić information content (AvgIpc) is 2.31. The van der Waals surface area contributed by atoms with Gasteiger partial charge in [-0.2, -0.15) is 0 Å². The number of thiophene rings is 1. The van der Waals surface area contributed by atoms with Crippen molar-refractivity contribution in [1.82, 2.24) is 0 Å². The van der Waals surface area contributed by atoms with Crippen molar-refractivity contribution in [3.8, 4) is 5.75 Å². The van der Waals surface area contributed by atoms with E-state index in [0.717, 1.165) is 20.5 Å². The predicted molar refractivity (Wildman–Crippen MR) is 55.5 cm³/mol. The fourth-order valence-corrected chi connectivity index (χ4v) is 2.63. The van der Waals surface area contributed by atoms with Crippen LogP contribution in [0.15, 0.2) is 22.4 Å². The number of thiol groups is 1. The van der Waals surface area contributed by atoms with Crippen molar-refractivity contribution in [2.24, 2.45) is 0 Å². The average molecular weight is 196 g/mol. The quantitative estimate of drug-likeness (QED) is 0.620. The summed E-state index contributed by atoms with van der Waals surface area (Å²) in [5, 5.41) is 12.6. The molecule has 2 aromatic rings. The second kappa shape index (κ2) is 2.68. The first-order valence-electron chi connectivity index (χ1n) is 3.58. The SMILES string of the molecule is Cc1csc2cc(S)cc(O)c12. The Morgan fingerprint density at radius 2 is 2.17 bits per heavy atom. The summed E-state index contributed by atoms with van der Waals surface area (Å²) in [4.78, 5) is 0.807. The highest BCUT2D eigenvalue weighted by atomic mass is 32.1. The van der Waals surface area contributed by atoms with Gasteiger partial charge in [0.1, 0.15) is 5.75 Å². The molecule has 0 radical (unpaired) electrons. The number of hydrogen-bond acceptors (Lipinski definition) is 3. The molecule has 0 bridgehead atoms. The maximum Gasteiger partial charge on any atom is 0.125 e. The van der Waals surface area contributed by atoms with E-state index < -0.39 is 0 Å². The molecule has 1 N–H and O–H groups in total. The van der Waals surface area contributed by atoms with Crippen LogP contribution in [0.4, 0.5) is 0 Å². The van der Waals surface area contributed by atoms with Gasteiger partial charge in [-0.25, -0.2) is 0 Å². The van der Waals surface area contributed by atoms with Gasteiger partial charge >= 0.3 is 0 Å². The van der Waals surface area contributed by atoms with E-state index in [1.807, 2.05) is 18.4 Å². The number of phenolic OH excluding ortho intramolecular Hbond substituents is 1. The van der Waals surface area contributed by atoms with E-state index in [4.69, 9.17) is 0 Å². The smallest absolute Gasteiger partial charge is 0.125 e. The number of rotatable bonds is 0. The van der Waals surface area contributed by atoms with Crippen molar-refractivity contribution in [1.29, 1.82) is 0 Å². The number of fused-ring (bicyclic) bond motifs is 1. The summed E-state index contributed by atoms with van der Waals surface area (Å²) in [6, 6.07) is 3.64. The number of aryl methyl sites for hydroxylation is 1. The zero-order chi connectivity index (χ0) is 8.72. The Kier molecular flexibility index (Phi) is 1.77. The Morgan fingerprint density at radius 3 is 2.92 bits per heavy atom. The summed E-state index contributed by atoms with van der Waals surface area (Å²) in [6.45, 7) is 2.00. The molecule has 1 aromatic heterocycles. The number of hydrogen-bond donors (Lipinski definition) is 2. The standard InChI is InChI=1S/C9H8OS2/c1-5-4-12-8-3-6(11)2-7(10)9(5)8/h2-4,10-11H,1H3. The molecular weight excluding hydrogens is 188 g/mol. The van der Waals surface area contributed by atoms with Crippen LogP contribution < -0.4 is 0 Å². The van der Waals surface area contributed by atoms with Crippen molar-refractivity contribution >= 4 is 34.1 Å². The summed E-state index contributed by atoms with van der Waals surface area (Å²) >= 11 is 5.82. The summed E-state index contributed by atoms with van der Waals surface area (Å²) < 4.78 is 1.09. The van der Waals surface area contributed by atoms with E-state index >= 15 is 0 Å². The second-order valence-corrected chi connectivity index (χ2v) is 4.18. The van der Waals surface area contributed by atoms with Gasteiger partial charge in [-0.3, -0.25) is 0 Å². The summed E-state index contributed by atoms with van der Waals surface area (Å²) in [6.07, 6.45) is 0. The molecule has 0 spiro atoms. The molecule has 3 heteroatoms. The summed E-state index contributed by atoms with van der Waals surface area (Å²) in [5.74, 6) is 0.330. The minimum atomic E-state index is 0.330. The minimum absolute atomic E-state index is 0.330. The molecule has 0 aliphatic rings. The number of phenols is 1. The first-order chi connectivity index (χ1) is 5.68. The van der Waals surface area contributed by atoms with E-state index in [-0.39, 0.29) is 0 Å². The van der Waals surface area contributed by atoms with Crippen molar-refractivity contribution < 1.29 is 5.11 Å². The van der Waals surface area contributed by atoms with Gasteiger partial charge in [0.25, 0.3) is 0 Å². The third-order valence-corrected chi connectivity index (χ3v) is 3.13. The number of benzene rings is 1. The van der Waals surface area contributed by atoms with Crippen LogP contribution in [0.25, 0.3) is 10.1 Å². The van der Waals surface area contributed by atoms with Crippen LogP contribution in [0.3, 0.4) is 0 Å². The Labute approximate surface area is 80.1 Å². The highest BCUT2D eigenvalue weighted by Gasteiger charge is 2.05.